The molecule has 148 valence electrons. The van der Waals surface area contributed by atoms with Crippen molar-refractivity contribution in [2.24, 2.45) is 0 Å². The topological polar surface area (TPSA) is 77.5 Å². The number of halogens is 3. The molecule has 0 amide bonds. The molecule has 0 atom stereocenters. The Morgan fingerprint density at radius 2 is 1.68 bits per heavy atom. The van der Waals surface area contributed by atoms with Crippen molar-refractivity contribution in [3.8, 4) is 11.5 Å². The van der Waals surface area contributed by atoms with Crippen LogP contribution in [0.25, 0.3) is 10.9 Å². The molecule has 0 aliphatic heterocycles. The fourth-order valence-electron chi connectivity index (χ4n) is 2.36. The molecule has 1 aromatic heterocycles. The van der Waals surface area contributed by atoms with E-state index in [0.717, 1.165) is 17.4 Å². The summed E-state index contributed by atoms with van der Waals surface area (Å²) in [5.74, 6) is 0.864. The smallest absolute Gasteiger partial charge is 0.497 e. The third-order valence-corrected chi connectivity index (χ3v) is 4.76. The first-order chi connectivity index (χ1) is 13.2. The number of ether oxygens (including phenoxy) is 1. The molecule has 0 saturated heterocycles. The maximum atomic E-state index is 12.4. The van der Waals surface area contributed by atoms with Gasteiger partial charge in [-0.15, -0.1) is 0 Å². The summed E-state index contributed by atoms with van der Waals surface area (Å²) >= 11 is 0. The van der Waals surface area contributed by atoms with E-state index < -0.39 is 21.4 Å². The van der Waals surface area contributed by atoms with Gasteiger partial charge in [0.2, 0.25) is 0 Å². The summed E-state index contributed by atoms with van der Waals surface area (Å²) in [5.41, 5.74) is -4.02. The summed E-state index contributed by atoms with van der Waals surface area (Å²) in [7, 11) is -4.13. The van der Waals surface area contributed by atoms with Gasteiger partial charge in [0, 0.05) is 11.9 Å². The van der Waals surface area contributed by atoms with Crippen LogP contribution in [0.4, 0.5) is 19.0 Å². The van der Waals surface area contributed by atoms with Crippen LogP contribution in [-0.4, -0.2) is 26.0 Å². The molecule has 0 spiro atoms. The molecule has 0 bridgehead atoms. The van der Waals surface area contributed by atoms with E-state index in [1.54, 1.807) is 19.2 Å². The molecule has 6 nitrogen and oxygen atoms in total. The van der Waals surface area contributed by atoms with Crippen molar-refractivity contribution in [1.29, 1.82) is 0 Å². The van der Waals surface area contributed by atoms with Crippen LogP contribution < -0.4 is 14.2 Å². The quantitative estimate of drug-likeness (QED) is 0.486. The largest absolute Gasteiger partial charge is 0.534 e. The first-order valence-corrected chi connectivity index (χ1v) is 9.37. The number of methoxy groups -OCH3 is 1. The average molecular weight is 412 g/mol. The van der Waals surface area contributed by atoms with Crippen molar-refractivity contribution in [2.75, 3.05) is 12.4 Å². The lowest BCUT2D eigenvalue weighted by atomic mass is 10.2. The molecular formula is C18H15F3N2O4S. The summed E-state index contributed by atoms with van der Waals surface area (Å²) in [6, 6.07) is 14.4. The monoisotopic (exact) mass is 412 g/mol. The van der Waals surface area contributed by atoms with E-state index in [0.29, 0.717) is 23.3 Å². The summed E-state index contributed by atoms with van der Waals surface area (Å²) in [6.45, 7) is 0.507. The van der Waals surface area contributed by atoms with Crippen molar-refractivity contribution in [3.63, 3.8) is 0 Å². The van der Waals surface area contributed by atoms with Crippen LogP contribution in [-0.2, 0) is 16.7 Å². The van der Waals surface area contributed by atoms with Crippen molar-refractivity contribution in [2.45, 2.75) is 12.1 Å². The number of anilines is 1. The number of nitrogens with zero attached hydrogens (tertiary/aromatic N) is 1. The van der Waals surface area contributed by atoms with E-state index in [4.69, 9.17) is 4.74 Å². The minimum absolute atomic E-state index is 0.435. The van der Waals surface area contributed by atoms with Crippen LogP contribution in [0.5, 0.6) is 11.5 Å². The minimum atomic E-state index is -5.71. The highest BCUT2D eigenvalue weighted by Crippen LogP contribution is 2.29. The van der Waals surface area contributed by atoms with Gasteiger partial charge in [0.1, 0.15) is 17.3 Å². The highest BCUT2D eigenvalue weighted by Gasteiger charge is 2.48. The number of rotatable bonds is 6. The SMILES string of the molecule is COc1ccc(CNc2ccc3cc(OS(=O)(=O)C(F)(F)F)ccc3n2)cc1. The minimum Gasteiger partial charge on any atom is -0.497 e. The summed E-state index contributed by atoms with van der Waals surface area (Å²) < 4.78 is 68.6. The number of aromatic nitrogens is 1. The van der Waals surface area contributed by atoms with Gasteiger partial charge in [-0.05, 0) is 48.0 Å². The molecule has 0 aliphatic carbocycles. The van der Waals surface area contributed by atoms with Gasteiger partial charge in [-0.25, -0.2) is 4.98 Å². The number of alkyl halides is 3. The molecule has 1 heterocycles. The van der Waals surface area contributed by atoms with Crippen molar-refractivity contribution >= 4 is 26.8 Å². The number of hydrogen-bond acceptors (Lipinski definition) is 6. The molecule has 1 N–H and O–H groups in total. The Morgan fingerprint density at radius 1 is 1.00 bits per heavy atom. The zero-order valence-corrected chi connectivity index (χ0v) is 15.3. The van der Waals surface area contributed by atoms with E-state index in [2.05, 4.69) is 14.5 Å². The Hall–Kier alpha value is -3.01. The average Bonchev–Trinajstić information content (AvgIpc) is 2.65. The van der Waals surface area contributed by atoms with Crippen molar-refractivity contribution in [3.05, 3.63) is 60.2 Å². The maximum absolute atomic E-state index is 12.4. The van der Waals surface area contributed by atoms with Crippen LogP contribution in [0, 0.1) is 0 Å². The van der Waals surface area contributed by atoms with Gasteiger partial charge in [0.05, 0.1) is 12.6 Å². The van der Waals surface area contributed by atoms with E-state index in [1.807, 2.05) is 24.3 Å². The van der Waals surface area contributed by atoms with Crippen molar-refractivity contribution in [1.82, 2.24) is 4.98 Å². The first-order valence-electron chi connectivity index (χ1n) is 7.96. The van der Waals surface area contributed by atoms with Gasteiger partial charge < -0.3 is 14.2 Å². The van der Waals surface area contributed by atoms with Crippen LogP contribution in [0.3, 0.4) is 0 Å². The van der Waals surface area contributed by atoms with Gasteiger partial charge in [-0.3, -0.25) is 0 Å². The number of pyridine rings is 1. The van der Waals surface area contributed by atoms with Crippen molar-refractivity contribution < 1.29 is 30.5 Å². The van der Waals surface area contributed by atoms with Crippen LogP contribution >= 0.6 is 0 Å². The van der Waals surface area contributed by atoms with Gasteiger partial charge in [-0.2, -0.15) is 21.6 Å². The van der Waals surface area contributed by atoms with Gasteiger partial charge >= 0.3 is 15.6 Å². The summed E-state index contributed by atoms with van der Waals surface area (Å²) in [4.78, 5) is 4.35. The lowest BCUT2D eigenvalue weighted by Crippen LogP contribution is -2.28. The van der Waals surface area contributed by atoms with Gasteiger partial charge in [-0.1, -0.05) is 12.1 Å². The molecule has 3 rings (SSSR count). The zero-order chi connectivity index (χ0) is 20.4. The molecule has 28 heavy (non-hydrogen) atoms. The Kier molecular flexibility index (Phi) is 5.32. The number of hydrogen-bond donors (Lipinski definition) is 1. The Morgan fingerprint density at radius 3 is 2.32 bits per heavy atom. The Balaban J connectivity index is 1.73. The zero-order valence-electron chi connectivity index (χ0n) is 14.5. The molecule has 0 aliphatic rings. The predicted octanol–water partition coefficient (Wildman–Crippen LogP) is 4.08. The molecule has 10 heteroatoms. The Bertz CT molecular complexity index is 1080. The van der Waals surface area contributed by atoms with Gasteiger partial charge in [0.15, 0.2) is 0 Å². The van der Waals surface area contributed by atoms with Crippen LogP contribution in [0.2, 0.25) is 0 Å². The summed E-state index contributed by atoms with van der Waals surface area (Å²) in [6.07, 6.45) is 0. The standard InChI is InChI=1S/C18H15F3N2O4S/c1-26-14-5-2-12(3-6-14)11-22-17-9-4-13-10-15(7-8-16(13)23-17)27-28(24,25)18(19,20)21/h2-10H,11H2,1H3,(H,22,23). The third-order valence-electron chi connectivity index (χ3n) is 3.78. The van der Waals surface area contributed by atoms with E-state index in [1.165, 1.54) is 12.1 Å². The van der Waals surface area contributed by atoms with E-state index in [-0.39, 0.29) is 0 Å². The number of nitrogens with one attached hydrogen (secondary N) is 1. The molecule has 0 radical (unpaired) electrons. The predicted molar refractivity (Wildman–Crippen MR) is 97.7 cm³/mol. The maximum Gasteiger partial charge on any atom is 0.534 e. The van der Waals surface area contributed by atoms with E-state index >= 15 is 0 Å². The molecular weight excluding hydrogens is 397 g/mol. The normalized spacial score (nSPS) is 12.0. The van der Waals surface area contributed by atoms with E-state index in [9.17, 15) is 21.6 Å². The second kappa shape index (κ2) is 7.55. The fraction of sp³-hybridized carbons (Fsp3) is 0.167. The highest BCUT2D eigenvalue weighted by atomic mass is 32.2. The number of fused-ring (bicyclic) bond motifs is 1. The second-order valence-corrected chi connectivity index (χ2v) is 7.27. The lowest BCUT2D eigenvalue weighted by molar-refractivity contribution is -0.0500. The molecule has 3 aromatic rings. The second-order valence-electron chi connectivity index (χ2n) is 5.74. The third kappa shape index (κ3) is 4.45. The molecule has 0 fully saturated rings. The molecule has 2 aromatic carbocycles. The molecule has 0 unspecified atom stereocenters. The van der Waals surface area contributed by atoms with Gasteiger partial charge in [0.25, 0.3) is 0 Å². The molecule has 0 saturated carbocycles. The fourth-order valence-corrected chi connectivity index (χ4v) is 2.82. The highest BCUT2D eigenvalue weighted by molar-refractivity contribution is 7.88. The number of benzene rings is 2. The summed E-state index contributed by atoms with van der Waals surface area (Å²) in [5, 5.41) is 3.57. The van der Waals surface area contributed by atoms with Crippen LogP contribution in [0.1, 0.15) is 5.56 Å². The van der Waals surface area contributed by atoms with Crippen LogP contribution in [0.15, 0.2) is 54.6 Å². The Labute approximate surface area is 159 Å². The lowest BCUT2D eigenvalue weighted by Gasteiger charge is -2.10. The first kappa shape index (κ1) is 19.7.